The van der Waals surface area contributed by atoms with E-state index in [-0.39, 0.29) is 34.1 Å². The van der Waals surface area contributed by atoms with E-state index in [0.29, 0.717) is 11.5 Å². The van der Waals surface area contributed by atoms with Crippen LogP contribution >= 0.6 is 0 Å². The van der Waals surface area contributed by atoms with Gasteiger partial charge in [0.1, 0.15) is 0 Å². The van der Waals surface area contributed by atoms with E-state index in [4.69, 9.17) is 0 Å². The van der Waals surface area contributed by atoms with Gasteiger partial charge in [-0.3, -0.25) is 0 Å². The molecule has 2 aromatic carbocycles. The summed E-state index contributed by atoms with van der Waals surface area (Å²) in [5.41, 5.74) is 3.50. The second kappa shape index (κ2) is 11.6. The Kier molecular flexibility index (Phi) is 9.51. The minimum atomic E-state index is 0.0844. The number of hydrogen-bond donors (Lipinski definition) is 2. The van der Waals surface area contributed by atoms with Crippen LogP contribution in [0.5, 0.6) is 11.5 Å². The predicted octanol–water partition coefficient (Wildman–Crippen LogP) is 3.58. The van der Waals surface area contributed by atoms with Crippen LogP contribution in [-0.4, -0.2) is 68.8 Å². The van der Waals surface area contributed by atoms with Crippen molar-refractivity contribution in [2.75, 3.05) is 13.1 Å². The van der Waals surface area contributed by atoms with Gasteiger partial charge in [-0.2, -0.15) is 0 Å². The number of aliphatic imine (C=N–C) groups is 2. The molecule has 26 heavy (non-hydrogen) atoms. The van der Waals surface area contributed by atoms with Crippen LogP contribution in [-0.2, 0) is 0 Å². The van der Waals surface area contributed by atoms with Crippen LogP contribution in [0.4, 0.5) is 0 Å². The van der Waals surface area contributed by atoms with E-state index in [1.165, 1.54) is 8.94 Å². The third-order valence-electron chi connectivity index (χ3n) is 3.72. The first-order chi connectivity index (χ1) is 12.6. The van der Waals surface area contributed by atoms with Crippen LogP contribution in [0.1, 0.15) is 25.0 Å². The Morgan fingerprint density at radius 1 is 0.731 bits per heavy atom. The van der Waals surface area contributed by atoms with E-state index in [9.17, 15) is 10.2 Å². The monoisotopic (exact) mass is 584 g/mol. The van der Waals surface area contributed by atoms with E-state index in [0.717, 1.165) is 35.6 Å². The average Bonchev–Trinajstić information content (AvgIpc) is 2.64. The molecular formula is C20H24N2O2Te2. The molecule has 0 aromatic heterocycles. The summed E-state index contributed by atoms with van der Waals surface area (Å²) < 4.78 is 2.45. The normalized spacial score (nSPS) is 12.4. The van der Waals surface area contributed by atoms with Gasteiger partial charge >= 0.3 is 173 Å². The van der Waals surface area contributed by atoms with Crippen molar-refractivity contribution in [1.29, 1.82) is 0 Å². The molecule has 2 N–H and O–H groups in total. The summed E-state index contributed by atoms with van der Waals surface area (Å²) in [4.78, 5) is 9.21. The Bertz CT molecular complexity index is 710. The molecule has 0 radical (unpaired) electrons. The molecule has 0 saturated heterocycles. The van der Waals surface area contributed by atoms with Gasteiger partial charge in [0, 0.05) is 0 Å². The Morgan fingerprint density at radius 2 is 1.12 bits per heavy atom. The van der Waals surface area contributed by atoms with Crippen molar-refractivity contribution in [3.05, 3.63) is 59.7 Å². The van der Waals surface area contributed by atoms with Crippen molar-refractivity contribution in [2.45, 2.75) is 22.8 Å². The number of benzene rings is 2. The number of phenolic OH excluding ortho intramolecular Hbond substituents is 2. The molecule has 0 aliphatic rings. The number of phenols is 2. The van der Waals surface area contributed by atoms with Gasteiger partial charge in [-0.15, -0.1) is 0 Å². The topological polar surface area (TPSA) is 65.2 Å². The van der Waals surface area contributed by atoms with E-state index >= 15 is 0 Å². The quantitative estimate of drug-likeness (QED) is 0.271. The van der Waals surface area contributed by atoms with Gasteiger partial charge in [0.15, 0.2) is 0 Å². The van der Waals surface area contributed by atoms with Crippen LogP contribution < -0.4 is 0 Å². The number of nitrogens with zero attached hydrogens (tertiary/aromatic N) is 2. The van der Waals surface area contributed by atoms with E-state index < -0.39 is 0 Å². The second-order valence-corrected chi connectivity index (χ2v) is 18.3. The molecule has 0 unspecified atom stereocenters. The van der Waals surface area contributed by atoms with E-state index in [2.05, 4.69) is 9.98 Å². The molecule has 0 aliphatic carbocycles. The Hall–Kier alpha value is -1.04. The van der Waals surface area contributed by atoms with Gasteiger partial charge in [0.2, 0.25) is 0 Å². The molecule has 0 atom stereocenters. The zero-order chi connectivity index (χ0) is 18.8. The maximum atomic E-state index is 9.83. The van der Waals surface area contributed by atoms with Gasteiger partial charge in [-0.05, 0) is 0 Å². The number of aromatic hydroxyl groups is 2. The van der Waals surface area contributed by atoms with E-state index in [1.54, 1.807) is 12.1 Å². The molecule has 2 rings (SSSR count). The summed E-state index contributed by atoms with van der Waals surface area (Å²) in [6.45, 7) is 5.66. The average molecular weight is 580 g/mol. The molecular weight excluding hydrogens is 555 g/mol. The van der Waals surface area contributed by atoms with Crippen molar-refractivity contribution in [2.24, 2.45) is 9.98 Å². The van der Waals surface area contributed by atoms with Crippen molar-refractivity contribution < 1.29 is 10.2 Å². The molecule has 0 amide bonds. The van der Waals surface area contributed by atoms with Crippen molar-refractivity contribution in [3.8, 4) is 11.5 Å². The summed E-state index contributed by atoms with van der Waals surface area (Å²) in [6.07, 6.45) is 0. The molecule has 138 valence electrons. The third-order valence-corrected chi connectivity index (χ3v) is 15.8. The molecule has 0 saturated carbocycles. The third kappa shape index (κ3) is 6.93. The fourth-order valence-corrected chi connectivity index (χ4v) is 11.3. The Morgan fingerprint density at radius 3 is 1.50 bits per heavy atom. The number of rotatable bonds is 9. The van der Waals surface area contributed by atoms with Gasteiger partial charge in [-0.1, -0.05) is 0 Å². The van der Waals surface area contributed by atoms with Crippen LogP contribution in [0.15, 0.2) is 58.5 Å². The minimum absolute atomic E-state index is 0.0844. The predicted molar refractivity (Wildman–Crippen MR) is 111 cm³/mol. The van der Waals surface area contributed by atoms with Crippen molar-refractivity contribution >= 4 is 45.5 Å². The van der Waals surface area contributed by atoms with Gasteiger partial charge in [-0.25, -0.2) is 0 Å². The zero-order valence-corrected chi connectivity index (χ0v) is 19.7. The molecule has 0 spiro atoms. The van der Waals surface area contributed by atoms with Crippen molar-refractivity contribution in [3.63, 3.8) is 0 Å². The van der Waals surface area contributed by atoms with Crippen LogP contribution in [0.3, 0.4) is 0 Å². The SMILES string of the molecule is CC(=NCC[Te][Te]CCN=C(C)c1ccccc1O)c1ccccc1O. The summed E-state index contributed by atoms with van der Waals surface area (Å²) in [7, 11) is 0. The second-order valence-electron chi connectivity index (χ2n) is 5.61. The van der Waals surface area contributed by atoms with Crippen LogP contribution in [0.25, 0.3) is 0 Å². The van der Waals surface area contributed by atoms with Crippen LogP contribution in [0, 0.1) is 0 Å². The fraction of sp³-hybridized carbons (Fsp3) is 0.300. The van der Waals surface area contributed by atoms with Crippen molar-refractivity contribution in [1.82, 2.24) is 0 Å². The van der Waals surface area contributed by atoms with E-state index in [1.807, 2.05) is 50.2 Å². The summed E-state index contributed by atoms with van der Waals surface area (Å²) in [6, 6.07) is 14.7. The number of para-hydroxylation sites is 2. The van der Waals surface area contributed by atoms with Crippen LogP contribution in [0.2, 0.25) is 8.94 Å². The molecule has 6 heteroatoms. The summed E-state index contributed by atoms with van der Waals surface area (Å²) >= 11 is 0.169. The zero-order valence-electron chi connectivity index (χ0n) is 15.1. The summed E-state index contributed by atoms with van der Waals surface area (Å²) in [5.74, 6) is 0.605. The first-order valence-corrected chi connectivity index (χ1v) is 19.1. The standard InChI is InChI=1S/C20H24N2O2Te2/c1-15(17-7-3-5-9-19(17)23)21-11-13-25-26-14-12-22-16(2)18-8-4-6-10-20(18)24/h3-10,23-24H,11-14H2,1-2H3. The first-order valence-electron chi connectivity index (χ1n) is 8.43. The van der Waals surface area contributed by atoms with Gasteiger partial charge in [0.25, 0.3) is 0 Å². The molecule has 0 aliphatic heterocycles. The van der Waals surface area contributed by atoms with Gasteiger partial charge < -0.3 is 0 Å². The van der Waals surface area contributed by atoms with Gasteiger partial charge in [0.05, 0.1) is 0 Å². The molecule has 2 aromatic rings. The Balaban J connectivity index is 1.65. The first kappa shape index (κ1) is 21.3. The fourth-order valence-electron chi connectivity index (χ4n) is 2.35. The summed E-state index contributed by atoms with van der Waals surface area (Å²) in [5, 5.41) is 19.7. The molecule has 0 heterocycles. The molecule has 4 nitrogen and oxygen atoms in total. The number of hydrogen-bond acceptors (Lipinski definition) is 4. The molecule has 0 bridgehead atoms. The Labute approximate surface area is 171 Å². The maximum absolute atomic E-state index is 9.83. The molecule has 0 fully saturated rings.